The Balaban J connectivity index is 0.000000139. The molecule has 3 nitrogen and oxygen atoms in total. The molecule has 2 heterocycles. The van der Waals surface area contributed by atoms with Gasteiger partial charge in [0.05, 0.1) is 25.4 Å². The van der Waals surface area contributed by atoms with Crippen LogP contribution in [0.5, 0.6) is 0 Å². The number of ether oxygens (including phenoxy) is 2. The molecule has 0 radical (unpaired) electrons. The van der Waals surface area contributed by atoms with Gasteiger partial charge in [-0.25, -0.2) is 0 Å². The second kappa shape index (κ2) is 8.08. The number of benzene rings is 2. The van der Waals surface area contributed by atoms with Crippen LogP contribution in [-0.2, 0) is 15.9 Å². The molecule has 0 aromatic heterocycles. The van der Waals surface area contributed by atoms with Gasteiger partial charge in [-0.2, -0.15) is 0 Å². The Kier molecular flexibility index (Phi) is 5.59. The number of hydrogen-bond donors (Lipinski definition) is 1. The van der Waals surface area contributed by atoms with Gasteiger partial charge in [-0.1, -0.05) is 60.7 Å². The van der Waals surface area contributed by atoms with Crippen LogP contribution >= 0.6 is 0 Å². The van der Waals surface area contributed by atoms with Crippen molar-refractivity contribution in [1.29, 1.82) is 0 Å². The maximum absolute atomic E-state index is 5.01. The molecule has 0 spiro atoms. The van der Waals surface area contributed by atoms with Crippen molar-refractivity contribution in [3.63, 3.8) is 0 Å². The SMILES string of the molecule is C(NCC1CO1)C1CO1.c1ccc(Cc2ccccc2)cc1. The van der Waals surface area contributed by atoms with Crippen LogP contribution in [0.15, 0.2) is 60.7 Å². The van der Waals surface area contributed by atoms with Gasteiger partial charge in [-0.3, -0.25) is 0 Å². The first kappa shape index (κ1) is 15.2. The lowest BCUT2D eigenvalue weighted by molar-refractivity contribution is 0.373. The van der Waals surface area contributed by atoms with Crippen LogP contribution in [0.4, 0.5) is 0 Å². The fourth-order valence-corrected chi connectivity index (χ4v) is 2.20. The van der Waals surface area contributed by atoms with E-state index < -0.39 is 0 Å². The molecule has 0 amide bonds. The molecule has 2 unspecified atom stereocenters. The Morgan fingerprint density at radius 3 is 1.50 bits per heavy atom. The maximum atomic E-state index is 5.01. The highest BCUT2D eigenvalue weighted by molar-refractivity contribution is 5.25. The Morgan fingerprint density at radius 1 is 0.727 bits per heavy atom. The molecule has 0 aliphatic carbocycles. The van der Waals surface area contributed by atoms with Crippen LogP contribution in [-0.4, -0.2) is 38.5 Å². The van der Waals surface area contributed by atoms with E-state index in [1.807, 2.05) is 0 Å². The van der Waals surface area contributed by atoms with Gasteiger partial charge >= 0.3 is 0 Å². The standard InChI is InChI=1S/C13H12.C6H11NO2/c1-3-7-12(8-4-1)11-13-9-5-2-6-10-13;1(5-3-8-5)7-2-6-4-9-6/h1-10H,11H2;5-7H,1-4H2. The Hall–Kier alpha value is -1.68. The first-order valence-corrected chi connectivity index (χ1v) is 7.92. The summed E-state index contributed by atoms with van der Waals surface area (Å²) in [4.78, 5) is 0. The highest BCUT2D eigenvalue weighted by Crippen LogP contribution is 2.09. The average molecular weight is 297 g/mol. The van der Waals surface area contributed by atoms with E-state index >= 15 is 0 Å². The van der Waals surface area contributed by atoms with Crippen molar-refractivity contribution in [3.05, 3.63) is 71.8 Å². The number of rotatable bonds is 6. The first-order chi connectivity index (χ1) is 10.9. The predicted molar refractivity (Wildman–Crippen MR) is 88.0 cm³/mol. The molecule has 2 aliphatic rings. The van der Waals surface area contributed by atoms with Gasteiger partial charge < -0.3 is 14.8 Å². The summed E-state index contributed by atoms with van der Waals surface area (Å²) in [5.74, 6) is 0. The van der Waals surface area contributed by atoms with Crippen molar-refractivity contribution in [2.45, 2.75) is 18.6 Å². The monoisotopic (exact) mass is 297 g/mol. The molecule has 116 valence electrons. The van der Waals surface area contributed by atoms with Crippen molar-refractivity contribution < 1.29 is 9.47 Å². The Morgan fingerprint density at radius 2 is 1.14 bits per heavy atom. The lowest BCUT2D eigenvalue weighted by Crippen LogP contribution is -2.24. The summed E-state index contributed by atoms with van der Waals surface area (Å²) in [6.07, 6.45) is 2.04. The van der Waals surface area contributed by atoms with Crippen molar-refractivity contribution in [2.75, 3.05) is 26.3 Å². The minimum Gasteiger partial charge on any atom is -0.372 e. The predicted octanol–water partition coefficient (Wildman–Crippen LogP) is 2.65. The molecule has 0 bridgehead atoms. The molecule has 4 rings (SSSR count). The van der Waals surface area contributed by atoms with Gasteiger partial charge in [-0.05, 0) is 17.5 Å². The number of epoxide rings is 2. The minimum atomic E-state index is 0.503. The molecule has 3 heteroatoms. The molecule has 2 aliphatic heterocycles. The van der Waals surface area contributed by atoms with Crippen molar-refractivity contribution in [3.8, 4) is 0 Å². The van der Waals surface area contributed by atoms with Crippen molar-refractivity contribution in [2.24, 2.45) is 0 Å². The zero-order chi connectivity index (χ0) is 15.0. The summed E-state index contributed by atoms with van der Waals surface area (Å²) in [5, 5.41) is 3.26. The van der Waals surface area contributed by atoms with E-state index in [2.05, 4.69) is 66.0 Å². The topological polar surface area (TPSA) is 37.1 Å². The van der Waals surface area contributed by atoms with Gasteiger partial charge in [0, 0.05) is 13.1 Å². The van der Waals surface area contributed by atoms with E-state index in [9.17, 15) is 0 Å². The van der Waals surface area contributed by atoms with Gasteiger partial charge in [-0.15, -0.1) is 0 Å². The second-order valence-electron chi connectivity index (χ2n) is 5.72. The fraction of sp³-hybridized carbons (Fsp3) is 0.368. The van der Waals surface area contributed by atoms with E-state index in [-0.39, 0.29) is 0 Å². The van der Waals surface area contributed by atoms with Crippen LogP contribution < -0.4 is 5.32 Å². The van der Waals surface area contributed by atoms with Crippen LogP contribution in [0.25, 0.3) is 0 Å². The second-order valence-corrected chi connectivity index (χ2v) is 5.72. The molecule has 2 saturated heterocycles. The molecule has 2 aromatic rings. The van der Waals surface area contributed by atoms with Crippen LogP contribution in [0.1, 0.15) is 11.1 Å². The molecule has 0 saturated carbocycles. The summed E-state index contributed by atoms with van der Waals surface area (Å²) in [5.41, 5.74) is 2.74. The van der Waals surface area contributed by atoms with E-state index in [0.717, 1.165) is 32.7 Å². The Bertz CT molecular complexity index is 486. The molecule has 1 N–H and O–H groups in total. The maximum Gasteiger partial charge on any atom is 0.0933 e. The van der Waals surface area contributed by atoms with Crippen LogP contribution in [0.2, 0.25) is 0 Å². The molecule has 2 atom stereocenters. The first-order valence-electron chi connectivity index (χ1n) is 7.92. The Labute approximate surface area is 132 Å². The lowest BCUT2D eigenvalue weighted by atomic mass is 10.1. The van der Waals surface area contributed by atoms with Crippen LogP contribution in [0.3, 0.4) is 0 Å². The van der Waals surface area contributed by atoms with E-state index in [0.29, 0.717) is 12.2 Å². The van der Waals surface area contributed by atoms with E-state index in [1.54, 1.807) is 0 Å². The highest BCUT2D eigenvalue weighted by atomic mass is 16.6. The normalized spacial score (nSPS) is 21.6. The molecule has 2 aromatic carbocycles. The zero-order valence-electron chi connectivity index (χ0n) is 12.8. The summed E-state index contributed by atoms with van der Waals surface area (Å²) in [7, 11) is 0. The molecule has 22 heavy (non-hydrogen) atoms. The minimum absolute atomic E-state index is 0.503. The fourth-order valence-electron chi connectivity index (χ4n) is 2.20. The third-order valence-corrected chi connectivity index (χ3v) is 3.64. The third kappa shape index (κ3) is 5.98. The zero-order valence-corrected chi connectivity index (χ0v) is 12.8. The summed E-state index contributed by atoms with van der Waals surface area (Å²) >= 11 is 0. The van der Waals surface area contributed by atoms with Gasteiger partial charge in [0.2, 0.25) is 0 Å². The lowest BCUT2D eigenvalue weighted by Gasteiger charge is -2.00. The number of nitrogens with one attached hydrogen (secondary N) is 1. The quantitative estimate of drug-likeness (QED) is 0.833. The van der Waals surface area contributed by atoms with Crippen molar-refractivity contribution in [1.82, 2.24) is 5.32 Å². The van der Waals surface area contributed by atoms with Crippen LogP contribution in [0, 0.1) is 0 Å². The summed E-state index contributed by atoms with van der Waals surface area (Å²) < 4.78 is 10.0. The van der Waals surface area contributed by atoms with Gasteiger partial charge in [0.1, 0.15) is 0 Å². The summed E-state index contributed by atoms with van der Waals surface area (Å²) in [6, 6.07) is 21.1. The average Bonchev–Trinajstić information content (AvgIpc) is 3.46. The molecular formula is C19H23NO2. The smallest absolute Gasteiger partial charge is 0.0933 e. The van der Waals surface area contributed by atoms with Gasteiger partial charge in [0.25, 0.3) is 0 Å². The van der Waals surface area contributed by atoms with Crippen molar-refractivity contribution >= 4 is 0 Å². The largest absolute Gasteiger partial charge is 0.372 e. The van der Waals surface area contributed by atoms with E-state index in [1.165, 1.54) is 11.1 Å². The third-order valence-electron chi connectivity index (χ3n) is 3.64. The molecule has 2 fully saturated rings. The molecular weight excluding hydrogens is 274 g/mol. The number of hydrogen-bond acceptors (Lipinski definition) is 3. The van der Waals surface area contributed by atoms with E-state index in [4.69, 9.17) is 9.47 Å². The summed E-state index contributed by atoms with van der Waals surface area (Å²) in [6.45, 7) is 3.89. The van der Waals surface area contributed by atoms with Gasteiger partial charge in [0.15, 0.2) is 0 Å². The highest BCUT2D eigenvalue weighted by Gasteiger charge is 2.25.